The lowest BCUT2D eigenvalue weighted by Crippen LogP contribution is -2.22. The number of hydrogen-bond acceptors (Lipinski definition) is 3. The molecule has 0 spiro atoms. The number of amides is 2. The van der Waals surface area contributed by atoms with E-state index in [1.54, 1.807) is 43.4 Å². The average Bonchev–Trinajstić information content (AvgIpc) is 2.60. The molecule has 0 aromatic heterocycles. The van der Waals surface area contributed by atoms with E-state index in [0.717, 1.165) is 16.6 Å². The predicted molar refractivity (Wildman–Crippen MR) is 103 cm³/mol. The predicted octanol–water partition coefficient (Wildman–Crippen LogP) is 4.47. The van der Waals surface area contributed by atoms with E-state index in [1.165, 1.54) is 11.8 Å². The molecule has 0 fully saturated rings. The molecule has 0 bridgehead atoms. The first-order valence-electron chi connectivity index (χ1n) is 8.00. The van der Waals surface area contributed by atoms with E-state index in [4.69, 9.17) is 4.74 Å². The molecule has 2 aromatic rings. The van der Waals surface area contributed by atoms with Crippen molar-refractivity contribution in [3.05, 3.63) is 52.5 Å². The molecule has 1 N–H and O–H groups in total. The Hall–Kier alpha value is -2.34. The van der Waals surface area contributed by atoms with E-state index in [9.17, 15) is 9.59 Å². The van der Waals surface area contributed by atoms with Crippen molar-refractivity contribution in [2.45, 2.75) is 20.3 Å². The molecular formula is C19H21BrN2O3. The van der Waals surface area contributed by atoms with Crippen LogP contribution in [0.5, 0.6) is 5.75 Å². The Morgan fingerprint density at radius 2 is 1.84 bits per heavy atom. The fourth-order valence-electron chi connectivity index (χ4n) is 2.17. The van der Waals surface area contributed by atoms with Crippen LogP contribution in [0, 0.1) is 0 Å². The van der Waals surface area contributed by atoms with Gasteiger partial charge in [-0.05, 0) is 48.9 Å². The minimum atomic E-state index is -0.250. The Kier molecular flexibility index (Phi) is 6.58. The van der Waals surface area contributed by atoms with E-state index in [1.807, 2.05) is 13.0 Å². The molecular weight excluding hydrogens is 384 g/mol. The van der Waals surface area contributed by atoms with Crippen molar-refractivity contribution >= 4 is 39.1 Å². The van der Waals surface area contributed by atoms with Crippen LogP contribution >= 0.6 is 15.9 Å². The minimum absolute atomic E-state index is 0.0522. The summed E-state index contributed by atoms with van der Waals surface area (Å²) < 4.78 is 6.46. The van der Waals surface area contributed by atoms with Crippen molar-refractivity contribution in [1.29, 1.82) is 0 Å². The zero-order chi connectivity index (χ0) is 18.4. The molecule has 6 heteroatoms. The first-order chi connectivity index (χ1) is 11.9. The summed E-state index contributed by atoms with van der Waals surface area (Å²) in [6.07, 6.45) is 0.863. The number of anilines is 2. The Labute approximate surface area is 156 Å². The summed E-state index contributed by atoms with van der Waals surface area (Å²) in [6, 6.07) is 12.4. The van der Waals surface area contributed by atoms with Crippen LogP contribution in [0.2, 0.25) is 0 Å². The number of carbonyl (C=O) groups is 2. The van der Waals surface area contributed by atoms with Crippen molar-refractivity contribution in [3.63, 3.8) is 0 Å². The molecule has 132 valence electrons. The summed E-state index contributed by atoms with van der Waals surface area (Å²) >= 11 is 3.38. The number of nitrogens with one attached hydrogen (secondary N) is 1. The van der Waals surface area contributed by atoms with Gasteiger partial charge in [0.15, 0.2) is 0 Å². The van der Waals surface area contributed by atoms with Crippen molar-refractivity contribution in [2.75, 3.05) is 23.9 Å². The number of benzene rings is 2. The molecule has 2 amide bonds. The summed E-state index contributed by atoms with van der Waals surface area (Å²) in [4.78, 5) is 25.5. The van der Waals surface area contributed by atoms with Gasteiger partial charge in [-0.25, -0.2) is 0 Å². The Morgan fingerprint density at radius 1 is 1.16 bits per heavy atom. The van der Waals surface area contributed by atoms with E-state index in [2.05, 4.69) is 21.2 Å². The third-order valence-electron chi connectivity index (χ3n) is 3.63. The first-order valence-corrected chi connectivity index (χ1v) is 8.79. The zero-order valence-corrected chi connectivity index (χ0v) is 16.1. The quantitative estimate of drug-likeness (QED) is 0.772. The van der Waals surface area contributed by atoms with Crippen molar-refractivity contribution in [3.8, 4) is 5.75 Å². The Bertz CT molecular complexity index is 760. The molecule has 0 saturated heterocycles. The van der Waals surface area contributed by atoms with Gasteiger partial charge in [0, 0.05) is 29.8 Å². The summed E-state index contributed by atoms with van der Waals surface area (Å²) in [5.41, 5.74) is 1.87. The standard InChI is InChI=1S/C19H21BrN2O3/c1-4-11-25-18-10-5-14(20)12-17(18)19(24)21-15-6-8-16(9-7-15)22(3)13(2)23/h5-10,12H,4,11H2,1-3H3,(H,21,24). The van der Waals surface area contributed by atoms with Crippen LogP contribution < -0.4 is 15.0 Å². The van der Waals surface area contributed by atoms with Gasteiger partial charge in [-0.1, -0.05) is 22.9 Å². The lowest BCUT2D eigenvalue weighted by Gasteiger charge is -2.16. The molecule has 0 aliphatic rings. The second-order valence-electron chi connectivity index (χ2n) is 5.57. The SMILES string of the molecule is CCCOc1ccc(Br)cc1C(=O)Nc1ccc(N(C)C(C)=O)cc1. The number of ether oxygens (including phenoxy) is 1. The summed E-state index contributed by atoms with van der Waals surface area (Å²) in [5.74, 6) is 0.249. The van der Waals surface area contributed by atoms with Crippen molar-refractivity contribution in [1.82, 2.24) is 0 Å². The van der Waals surface area contributed by atoms with Gasteiger partial charge in [0.1, 0.15) is 5.75 Å². The Balaban J connectivity index is 2.16. The van der Waals surface area contributed by atoms with Crippen LogP contribution in [-0.2, 0) is 4.79 Å². The lowest BCUT2D eigenvalue weighted by molar-refractivity contribution is -0.116. The molecule has 0 unspecified atom stereocenters. The van der Waals surface area contributed by atoms with Crippen LogP contribution in [0.15, 0.2) is 46.9 Å². The third-order valence-corrected chi connectivity index (χ3v) is 4.13. The van der Waals surface area contributed by atoms with Gasteiger partial charge in [-0.15, -0.1) is 0 Å². The van der Waals surface area contributed by atoms with E-state index < -0.39 is 0 Å². The lowest BCUT2D eigenvalue weighted by atomic mass is 10.1. The maximum atomic E-state index is 12.6. The van der Waals surface area contributed by atoms with Gasteiger partial charge in [-0.3, -0.25) is 9.59 Å². The number of rotatable bonds is 6. The highest BCUT2D eigenvalue weighted by Crippen LogP contribution is 2.25. The molecule has 25 heavy (non-hydrogen) atoms. The summed E-state index contributed by atoms with van der Waals surface area (Å²) in [7, 11) is 1.70. The van der Waals surface area contributed by atoms with Gasteiger partial charge in [0.25, 0.3) is 5.91 Å². The van der Waals surface area contributed by atoms with Crippen LogP contribution in [0.25, 0.3) is 0 Å². The van der Waals surface area contributed by atoms with Crippen molar-refractivity contribution in [2.24, 2.45) is 0 Å². The van der Waals surface area contributed by atoms with Crippen molar-refractivity contribution < 1.29 is 14.3 Å². The van der Waals surface area contributed by atoms with E-state index in [0.29, 0.717) is 23.6 Å². The van der Waals surface area contributed by atoms with Gasteiger partial charge in [0.05, 0.1) is 12.2 Å². The summed E-state index contributed by atoms with van der Waals surface area (Å²) in [5, 5.41) is 2.85. The highest BCUT2D eigenvalue weighted by Gasteiger charge is 2.14. The van der Waals surface area contributed by atoms with Gasteiger partial charge >= 0.3 is 0 Å². The normalized spacial score (nSPS) is 10.2. The number of carbonyl (C=O) groups excluding carboxylic acids is 2. The van der Waals surface area contributed by atoms with Gasteiger partial charge in [0.2, 0.25) is 5.91 Å². The topological polar surface area (TPSA) is 58.6 Å². The third kappa shape index (κ3) is 5.06. The molecule has 2 rings (SSSR count). The van der Waals surface area contributed by atoms with Gasteiger partial charge in [-0.2, -0.15) is 0 Å². The fraction of sp³-hybridized carbons (Fsp3) is 0.263. The van der Waals surface area contributed by atoms with Crippen LogP contribution in [0.1, 0.15) is 30.6 Å². The number of hydrogen-bond donors (Lipinski definition) is 1. The minimum Gasteiger partial charge on any atom is -0.493 e. The molecule has 0 radical (unpaired) electrons. The van der Waals surface area contributed by atoms with E-state index >= 15 is 0 Å². The second kappa shape index (κ2) is 8.67. The fourth-order valence-corrected chi connectivity index (χ4v) is 2.53. The Morgan fingerprint density at radius 3 is 2.44 bits per heavy atom. The maximum absolute atomic E-state index is 12.6. The highest BCUT2D eigenvalue weighted by molar-refractivity contribution is 9.10. The monoisotopic (exact) mass is 404 g/mol. The molecule has 2 aromatic carbocycles. The molecule has 0 saturated carbocycles. The van der Waals surface area contributed by atoms with Crippen LogP contribution in [0.4, 0.5) is 11.4 Å². The molecule has 0 heterocycles. The maximum Gasteiger partial charge on any atom is 0.259 e. The van der Waals surface area contributed by atoms with Crippen LogP contribution in [0.3, 0.4) is 0 Å². The number of nitrogens with zero attached hydrogens (tertiary/aromatic N) is 1. The second-order valence-corrected chi connectivity index (χ2v) is 6.48. The zero-order valence-electron chi connectivity index (χ0n) is 14.5. The molecule has 0 atom stereocenters. The molecule has 0 aliphatic carbocycles. The first kappa shape index (κ1) is 19.0. The van der Waals surface area contributed by atoms with Crippen LogP contribution in [-0.4, -0.2) is 25.5 Å². The number of halogens is 1. The summed E-state index contributed by atoms with van der Waals surface area (Å²) in [6.45, 7) is 4.06. The average molecular weight is 405 g/mol. The smallest absolute Gasteiger partial charge is 0.259 e. The molecule has 0 aliphatic heterocycles. The van der Waals surface area contributed by atoms with E-state index in [-0.39, 0.29) is 11.8 Å². The van der Waals surface area contributed by atoms with Gasteiger partial charge < -0.3 is 15.0 Å². The highest BCUT2D eigenvalue weighted by atomic mass is 79.9. The largest absolute Gasteiger partial charge is 0.493 e. The molecule has 5 nitrogen and oxygen atoms in total.